The molecule has 0 spiro atoms. The lowest BCUT2D eigenvalue weighted by Gasteiger charge is -2.32. The summed E-state index contributed by atoms with van der Waals surface area (Å²) in [5, 5.41) is 0.769. The van der Waals surface area contributed by atoms with Crippen LogP contribution in [0.4, 0.5) is 8.78 Å². The number of piperazine rings is 1. The summed E-state index contributed by atoms with van der Waals surface area (Å²) in [5.41, 5.74) is 3.33. The van der Waals surface area contributed by atoms with Crippen LogP contribution in [-0.2, 0) is 11.2 Å². The Kier molecular flexibility index (Phi) is 5.13. The monoisotopic (exact) mass is 383 g/mol. The number of nitrogens with zero attached hydrogens (tertiary/aromatic N) is 2. The maximum atomic E-state index is 13.9. The maximum absolute atomic E-state index is 13.9. The lowest BCUT2D eigenvalue weighted by atomic mass is 10.0. The molecule has 0 unspecified atom stereocenters. The van der Waals surface area contributed by atoms with Crippen molar-refractivity contribution in [2.45, 2.75) is 12.8 Å². The molecule has 0 aliphatic carbocycles. The standard InChI is InChI=1S/C22H23F2N3O/c1-26-10-12-27(13-11-26)21(28)9-7-18-19-14-17(24)6-8-20(19)25-22(18)15-2-4-16(23)5-3-15/h2-6,8,14,25H,7,9-13H2,1H3. The fraction of sp³-hybridized carbons (Fsp3) is 0.318. The lowest BCUT2D eigenvalue weighted by Crippen LogP contribution is -2.47. The Bertz CT molecular complexity index is 989. The molecule has 0 radical (unpaired) electrons. The van der Waals surface area contributed by atoms with E-state index < -0.39 is 0 Å². The number of fused-ring (bicyclic) bond motifs is 1. The van der Waals surface area contributed by atoms with Crippen LogP contribution in [-0.4, -0.2) is 53.9 Å². The van der Waals surface area contributed by atoms with Crippen LogP contribution >= 0.6 is 0 Å². The van der Waals surface area contributed by atoms with E-state index in [0.717, 1.165) is 53.9 Å². The summed E-state index contributed by atoms with van der Waals surface area (Å²) in [4.78, 5) is 20.1. The first-order chi connectivity index (χ1) is 13.5. The minimum absolute atomic E-state index is 0.115. The Balaban J connectivity index is 1.62. The third-order valence-corrected chi connectivity index (χ3v) is 5.45. The van der Waals surface area contributed by atoms with E-state index >= 15 is 0 Å². The number of likely N-dealkylation sites (N-methyl/N-ethyl adjacent to an activating group) is 1. The van der Waals surface area contributed by atoms with Crippen LogP contribution in [0.5, 0.6) is 0 Å². The Morgan fingerprint density at radius 2 is 1.68 bits per heavy atom. The molecule has 1 amide bonds. The van der Waals surface area contributed by atoms with Gasteiger partial charge in [0.05, 0.1) is 0 Å². The number of aryl methyl sites for hydroxylation is 1. The summed E-state index contributed by atoms with van der Waals surface area (Å²) < 4.78 is 27.2. The van der Waals surface area contributed by atoms with Crippen molar-refractivity contribution in [2.75, 3.05) is 33.2 Å². The van der Waals surface area contributed by atoms with E-state index in [9.17, 15) is 13.6 Å². The summed E-state index contributed by atoms with van der Waals surface area (Å²) in [6.07, 6.45) is 0.864. The topological polar surface area (TPSA) is 39.3 Å². The largest absolute Gasteiger partial charge is 0.354 e. The number of benzene rings is 2. The smallest absolute Gasteiger partial charge is 0.222 e. The molecule has 3 aromatic rings. The van der Waals surface area contributed by atoms with Crippen LogP contribution in [0.2, 0.25) is 0 Å². The Morgan fingerprint density at radius 3 is 2.39 bits per heavy atom. The average Bonchev–Trinajstić information content (AvgIpc) is 3.05. The number of H-pyrrole nitrogens is 1. The van der Waals surface area contributed by atoms with Gasteiger partial charge in [-0.15, -0.1) is 0 Å². The van der Waals surface area contributed by atoms with E-state index in [4.69, 9.17) is 0 Å². The van der Waals surface area contributed by atoms with Gasteiger partial charge in [0.2, 0.25) is 5.91 Å². The van der Waals surface area contributed by atoms with Crippen LogP contribution < -0.4 is 0 Å². The second-order valence-electron chi connectivity index (χ2n) is 7.36. The Labute approximate surface area is 162 Å². The fourth-order valence-electron chi connectivity index (χ4n) is 3.79. The zero-order valence-electron chi connectivity index (χ0n) is 15.8. The molecule has 4 nitrogen and oxygen atoms in total. The van der Waals surface area contributed by atoms with E-state index in [1.807, 2.05) is 4.90 Å². The molecule has 146 valence electrons. The Hall–Kier alpha value is -2.73. The van der Waals surface area contributed by atoms with Gasteiger partial charge in [0.15, 0.2) is 0 Å². The molecule has 0 saturated carbocycles. The minimum Gasteiger partial charge on any atom is -0.354 e. The highest BCUT2D eigenvalue weighted by Gasteiger charge is 2.21. The van der Waals surface area contributed by atoms with Crippen LogP contribution in [0.25, 0.3) is 22.2 Å². The first-order valence-corrected chi connectivity index (χ1v) is 9.53. The normalized spacial score (nSPS) is 15.3. The number of hydrogen-bond acceptors (Lipinski definition) is 2. The molecular formula is C22H23F2N3O. The van der Waals surface area contributed by atoms with Crippen molar-refractivity contribution in [1.29, 1.82) is 0 Å². The van der Waals surface area contributed by atoms with Gasteiger partial charge in [0.25, 0.3) is 0 Å². The number of aromatic amines is 1. The predicted molar refractivity (Wildman–Crippen MR) is 106 cm³/mol. The minimum atomic E-state index is -0.316. The van der Waals surface area contributed by atoms with E-state index in [-0.39, 0.29) is 17.5 Å². The Morgan fingerprint density at radius 1 is 1.00 bits per heavy atom. The molecule has 2 aromatic carbocycles. The zero-order valence-corrected chi connectivity index (χ0v) is 15.8. The highest BCUT2D eigenvalue weighted by atomic mass is 19.1. The molecule has 1 aliphatic rings. The molecule has 1 aromatic heterocycles. The number of nitrogens with one attached hydrogen (secondary N) is 1. The third kappa shape index (κ3) is 3.78. The molecule has 1 fully saturated rings. The van der Waals surface area contributed by atoms with Crippen molar-refractivity contribution in [3.8, 4) is 11.3 Å². The summed E-state index contributed by atoms with van der Waals surface area (Å²) in [6.45, 7) is 3.24. The van der Waals surface area contributed by atoms with Crippen molar-refractivity contribution >= 4 is 16.8 Å². The van der Waals surface area contributed by atoms with Gasteiger partial charge in [-0.3, -0.25) is 4.79 Å². The molecule has 4 rings (SSSR count). The molecular weight excluding hydrogens is 360 g/mol. The quantitative estimate of drug-likeness (QED) is 0.744. The number of amides is 1. The first kappa shape index (κ1) is 18.6. The number of halogens is 2. The van der Waals surface area contributed by atoms with Gasteiger partial charge in [0.1, 0.15) is 11.6 Å². The molecule has 2 heterocycles. The molecule has 0 bridgehead atoms. The van der Waals surface area contributed by atoms with Crippen LogP contribution in [0.1, 0.15) is 12.0 Å². The number of hydrogen-bond donors (Lipinski definition) is 1. The van der Waals surface area contributed by atoms with Crippen molar-refractivity contribution < 1.29 is 13.6 Å². The van der Waals surface area contributed by atoms with Crippen LogP contribution in [0.15, 0.2) is 42.5 Å². The molecule has 1 N–H and O–H groups in total. The summed E-state index contributed by atoms with van der Waals surface area (Å²) in [6, 6.07) is 10.8. The predicted octanol–water partition coefficient (Wildman–Crippen LogP) is 3.82. The second kappa shape index (κ2) is 7.72. The van der Waals surface area contributed by atoms with Gasteiger partial charge in [-0.2, -0.15) is 0 Å². The molecule has 0 atom stereocenters. The van der Waals surface area contributed by atoms with Gasteiger partial charge >= 0.3 is 0 Å². The van der Waals surface area contributed by atoms with E-state index in [1.165, 1.54) is 24.3 Å². The van der Waals surface area contributed by atoms with E-state index in [2.05, 4.69) is 16.9 Å². The number of carbonyl (C=O) groups is 1. The second-order valence-corrected chi connectivity index (χ2v) is 7.36. The van der Waals surface area contributed by atoms with Gasteiger partial charge in [-0.25, -0.2) is 8.78 Å². The highest BCUT2D eigenvalue weighted by molar-refractivity contribution is 5.91. The van der Waals surface area contributed by atoms with Crippen molar-refractivity contribution in [1.82, 2.24) is 14.8 Å². The number of carbonyl (C=O) groups excluding carboxylic acids is 1. The lowest BCUT2D eigenvalue weighted by molar-refractivity contribution is -0.132. The average molecular weight is 383 g/mol. The zero-order chi connectivity index (χ0) is 19.7. The van der Waals surface area contributed by atoms with E-state index in [1.54, 1.807) is 18.2 Å². The highest BCUT2D eigenvalue weighted by Crippen LogP contribution is 2.32. The summed E-state index contributed by atoms with van der Waals surface area (Å²) in [7, 11) is 2.05. The molecule has 1 aliphatic heterocycles. The van der Waals surface area contributed by atoms with Gasteiger partial charge in [0, 0.05) is 49.2 Å². The first-order valence-electron chi connectivity index (χ1n) is 9.53. The van der Waals surface area contributed by atoms with Crippen molar-refractivity contribution in [2.24, 2.45) is 0 Å². The van der Waals surface area contributed by atoms with Gasteiger partial charge in [-0.05, 0) is 67.1 Å². The van der Waals surface area contributed by atoms with Crippen molar-refractivity contribution in [3.05, 3.63) is 59.7 Å². The van der Waals surface area contributed by atoms with Gasteiger partial charge < -0.3 is 14.8 Å². The van der Waals surface area contributed by atoms with Gasteiger partial charge in [-0.1, -0.05) is 0 Å². The SMILES string of the molecule is CN1CCN(C(=O)CCc2c(-c3ccc(F)cc3)[nH]c3ccc(F)cc23)CC1. The van der Waals surface area contributed by atoms with Crippen molar-refractivity contribution in [3.63, 3.8) is 0 Å². The van der Waals surface area contributed by atoms with Crippen LogP contribution in [0.3, 0.4) is 0 Å². The van der Waals surface area contributed by atoms with E-state index in [0.29, 0.717) is 12.8 Å². The number of aromatic nitrogens is 1. The third-order valence-electron chi connectivity index (χ3n) is 5.45. The molecule has 6 heteroatoms. The molecule has 1 saturated heterocycles. The summed E-state index contributed by atoms with van der Waals surface area (Å²) >= 11 is 0. The summed E-state index contributed by atoms with van der Waals surface area (Å²) in [5.74, 6) is -0.509. The van der Waals surface area contributed by atoms with Crippen LogP contribution in [0, 0.1) is 11.6 Å². The maximum Gasteiger partial charge on any atom is 0.222 e. The fourth-order valence-corrected chi connectivity index (χ4v) is 3.79. The molecule has 28 heavy (non-hydrogen) atoms. The number of rotatable bonds is 4.